The molecule has 200 valence electrons. The first-order chi connectivity index (χ1) is 19.0. The number of ether oxygens (including phenoxy) is 2. The molecule has 1 heterocycles. The van der Waals surface area contributed by atoms with Gasteiger partial charge in [-0.2, -0.15) is 11.3 Å². The zero-order valence-electron chi connectivity index (χ0n) is 22.5. The maximum absolute atomic E-state index is 12.6. The maximum atomic E-state index is 12.6. The molecule has 6 rings (SSSR count). The van der Waals surface area contributed by atoms with E-state index in [0.717, 1.165) is 32.1 Å². The molecule has 1 aromatic heterocycles. The van der Waals surface area contributed by atoms with Crippen LogP contribution in [0.2, 0.25) is 0 Å². The van der Waals surface area contributed by atoms with Crippen molar-refractivity contribution in [2.75, 3.05) is 6.61 Å². The van der Waals surface area contributed by atoms with E-state index in [1.165, 1.54) is 27.8 Å². The number of hydrogen-bond acceptors (Lipinski definition) is 5. The van der Waals surface area contributed by atoms with E-state index in [9.17, 15) is 9.59 Å². The molecule has 0 radical (unpaired) electrons. The fourth-order valence-electron chi connectivity index (χ4n) is 7.51. The molecule has 0 bridgehead atoms. The molecule has 1 fully saturated rings. The second-order valence-corrected chi connectivity index (χ2v) is 12.0. The van der Waals surface area contributed by atoms with Gasteiger partial charge in [-0.15, -0.1) is 0 Å². The molecule has 5 heteroatoms. The molecule has 3 aliphatic rings. The first kappa shape index (κ1) is 25.8. The van der Waals surface area contributed by atoms with E-state index in [0.29, 0.717) is 35.7 Å². The number of carbonyl (C=O) groups is 2. The topological polar surface area (TPSA) is 52.6 Å². The Morgan fingerprint density at radius 1 is 1.10 bits per heavy atom. The zero-order chi connectivity index (χ0) is 27.0. The molecule has 0 saturated heterocycles. The second kappa shape index (κ2) is 10.6. The Bertz CT molecular complexity index is 1440. The lowest BCUT2D eigenvalue weighted by atomic mass is 9.54. The molecule has 1 saturated carbocycles. The number of thiophene rings is 1. The summed E-state index contributed by atoms with van der Waals surface area (Å²) in [6, 6.07) is 17.6. The monoisotopic (exact) mass is 538 g/mol. The first-order valence-electron chi connectivity index (χ1n) is 14.0. The molecule has 4 nitrogen and oxygen atoms in total. The standard InChI is InChI=1S/C34H34O4S/c1-3-37-31(35)14-10-24-20-30-29-12-9-23-19-26(38-33(36)22-7-5-4-6-8-22)11-13-27(23)28(29)15-17-34(30,2)32(24)25-16-18-39-21-25/h4-8,10-11,13-14,16,18-19,21,28-30H,3,9,12,15,17,20H2,1-2H3/b14-10+/t28?,29?,30?,34-/m0/s1. The highest BCUT2D eigenvalue weighted by molar-refractivity contribution is 7.08. The molecule has 2 aromatic carbocycles. The smallest absolute Gasteiger partial charge is 0.343 e. The number of hydrogen-bond donors (Lipinski definition) is 0. The molecule has 3 aromatic rings. The van der Waals surface area contributed by atoms with Gasteiger partial charge in [-0.3, -0.25) is 0 Å². The summed E-state index contributed by atoms with van der Waals surface area (Å²) in [5, 5.41) is 4.40. The summed E-state index contributed by atoms with van der Waals surface area (Å²) in [6.45, 7) is 4.67. The van der Waals surface area contributed by atoms with Crippen LogP contribution in [0, 0.1) is 17.3 Å². The third-order valence-corrected chi connectivity index (χ3v) is 9.84. The van der Waals surface area contributed by atoms with Gasteiger partial charge in [-0.1, -0.05) is 37.3 Å². The quantitative estimate of drug-likeness (QED) is 0.181. The van der Waals surface area contributed by atoms with Crippen LogP contribution in [0.4, 0.5) is 0 Å². The molecule has 39 heavy (non-hydrogen) atoms. The molecule has 0 spiro atoms. The van der Waals surface area contributed by atoms with Crippen LogP contribution in [0.1, 0.15) is 72.5 Å². The van der Waals surface area contributed by atoms with Gasteiger partial charge < -0.3 is 9.47 Å². The molecular weight excluding hydrogens is 504 g/mol. The van der Waals surface area contributed by atoms with Crippen molar-refractivity contribution >= 4 is 28.8 Å². The molecular formula is C34H34O4S. The Balaban J connectivity index is 1.26. The van der Waals surface area contributed by atoms with E-state index in [1.54, 1.807) is 29.5 Å². The van der Waals surface area contributed by atoms with E-state index in [1.807, 2.05) is 37.3 Å². The minimum Gasteiger partial charge on any atom is -0.463 e. The Morgan fingerprint density at radius 3 is 2.72 bits per heavy atom. The van der Waals surface area contributed by atoms with Gasteiger partial charge in [0.25, 0.3) is 0 Å². The maximum Gasteiger partial charge on any atom is 0.343 e. The predicted molar refractivity (Wildman–Crippen MR) is 155 cm³/mol. The highest BCUT2D eigenvalue weighted by Gasteiger charge is 2.53. The van der Waals surface area contributed by atoms with Gasteiger partial charge >= 0.3 is 11.9 Å². The van der Waals surface area contributed by atoms with Crippen LogP contribution in [-0.4, -0.2) is 18.5 Å². The average Bonchev–Trinajstić information content (AvgIpc) is 3.57. The minimum atomic E-state index is -0.320. The van der Waals surface area contributed by atoms with Gasteiger partial charge in [-0.25, -0.2) is 9.59 Å². The van der Waals surface area contributed by atoms with Crippen molar-refractivity contribution in [1.29, 1.82) is 0 Å². The molecule has 0 aliphatic heterocycles. The second-order valence-electron chi connectivity index (χ2n) is 11.2. The summed E-state index contributed by atoms with van der Waals surface area (Å²) in [7, 11) is 0. The van der Waals surface area contributed by atoms with Crippen LogP contribution in [0.3, 0.4) is 0 Å². The summed E-state index contributed by atoms with van der Waals surface area (Å²) in [4.78, 5) is 24.8. The van der Waals surface area contributed by atoms with Gasteiger partial charge in [-0.05, 0) is 131 Å². The van der Waals surface area contributed by atoms with E-state index in [2.05, 4.69) is 35.9 Å². The zero-order valence-corrected chi connectivity index (χ0v) is 23.3. The summed E-state index contributed by atoms with van der Waals surface area (Å²) in [5.41, 5.74) is 7.37. The van der Waals surface area contributed by atoms with Gasteiger partial charge in [0.1, 0.15) is 5.75 Å². The van der Waals surface area contributed by atoms with Crippen LogP contribution in [0.25, 0.3) is 5.57 Å². The summed E-state index contributed by atoms with van der Waals surface area (Å²) in [5.74, 6) is 1.63. The normalized spacial score (nSPS) is 25.6. The predicted octanol–water partition coefficient (Wildman–Crippen LogP) is 8.01. The first-order valence-corrected chi connectivity index (χ1v) is 14.9. The Labute approximate surface area is 234 Å². The van der Waals surface area contributed by atoms with Crippen LogP contribution in [-0.2, 0) is 16.0 Å². The summed E-state index contributed by atoms with van der Waals surface area (Å²) >= 11 is 1.73. The van der Waals surface area contributed by atoms with Crippen LogP contribution >= 0.6 is 11.3 Å². The molecule has 0 amide bonds. The number of aryl methyl sites for hydroxylation is 1. The highest BCUT2D eigenvalue weighted by Crippen LogP contribution is 2.65. The van der Waals surface area contributed by atoms with E-state index < -0.39 is 0 Å². The van der Waals surface area contributed by atoms with Crippen LogP contribution in [0.5, 0.6) is 5.75 Å². The largest absolute Gasteiger partial charge is 0.463 e. The fraction of sp³-hybridized carbons (Fsp3) is 0.353. The lowest BCUT2D eigenvalue weighted by molar-refractivity contribution is -0.137. The number of fused-ring (bicyclic) bond motifs is 5. The van der Waals surface area contributed by atoms with Crippen molar-refractivity contribution in [3.05, 3.63) is 105 Å². The Kier molecular flexibility index (Phi) is 7.03. The van der Waals surface area contributed by atoms with Gasteiger partial charge in [0, 0.05) is 6.08 Å². The minimum absolute atomic E-state index is 0.0826. The van der Waals surface area contributed by atoms with Crippen molar-refractivity contribution < 1.29 is 19.1 Å². The van der Waals surface area contributed by atoms with Crippen LogP contribution < -0.4 is 4.74 Å². The number of rotatable bonds is 6. The lowest BCUT2D eigenvalue weighted by Crippen LogP contribution is -2.40. The van der Waals surface area contributed by atoms with Crippen molar-refractivity contribution in [1.82, 2.24) is 0 Å². The molecule has 0 N–H and O–H groups in total. The Morgan fingerprint density at radius 2 is 1.95 bits per heavy atom. The van der Waals surface area contributed by atoms with Gasteiger partial charge in [0.2, 0.25) is 0 Å². The van der Waals surface area contributed by atoms with Gasteiger partial charge in [0.05, 0.1) is 12.2 Å². The highest BCUT2D eigenvalue weighted by atomic mass is 32.1. The number of allylic oxidation sites excluding steroid dienone is 3. The van der Waals surface area contributed by atoms with Gasteiger partial charge in [0.15, 0.2) is 0 Å². The van der Waals surface area contributed by atoms with Crippen molar-refractivity contribution in [2.24, 2.45) is 17.3 Å². The van der Waals surface area contributed by atoms with Crippen molar-refractivity contribution in [3.63, 3.8) is 0 Å². The summed E-state index contributed by atoms with van der Waals surface area (Å²) in [6.07, 6.45) is 8.98. The van der Waals surface area contributed by atoms with Crippen molar-refractivity contribution in [2.45, 2.75) is 51.9 Å². The van der Waals surface area contributed by atoms with Crippen molar-refractivity contribution in [3.8, 4) is 5.75 Å². The SMILES string of the molecule is CCOC(=O)/C=C/C1=C(c2ccsc2)[C@@]2(C)CCC3c4ccc(OC(=O)c5ccccc5)cc4CCC3C2C1. The number of benzene rings is 2. The van der Waals surface area contributed by atoms with E-state index in [4.69, 9.17) is 9.47 Å². The molecule has 3 aliphatic carbocycles. The number of carbonyl (C=O) groups excluding carboxylic acids is 2. The fourth-order valence-corrected chi connectivity index (χ4v) is 8.15. The van der Waals surface area contributed by atoms with E-state index in [-0.39, 0.29) is 17.4 Å². The Hall–Kier alpha value is -3.44. The average molecular weight is 539 g/mol. The van der Waals surface area contributed by atoms with E-state index >= 15 is 0 Å². The third-order valence-electron chi connectivity index (χ3n) is 9.16. The van der Waals surface area contributed by atoms with Crippen LogP contribution in [0.15, 0.2) is 83.1 Å². The number of esters is 2. The molecule has 4 atom stereocenters. The third kappa shape index (κ3) is 4.78. The molecule has 3 unspecified atom stereocenters. The summed E-state index contributed by atoms with van der Waals surface area (Å²) < 4.78 is 10.9. The lowest BCUT2D eigenvalue weighted by Gasteiger charge is -2.50.